The van der Waals surface area contributed by atoms with Crippen LogP contribution in [0.25, 0.3) is 0 Å². The summed E-state index contributed by atoms with van der Waals surface area (Å²) in [6.45, 7) is 2.58. The van der Waals surface area contributed by atoms with E-state index in [4.69, 9.17) is 11.6 Å². The number of carbonyl (C=O) groups is 1. The van der Waals surface area contributed by atoms with E-state index in [-0.39, 0.29) is 16.7 Å². The number of anilines is 1. The minimum Gasteiger partial charge on any atom is -0.338 e. The molecule has 0 saturated carbocycles. The highest BCUT2D eigenvalue weighted by Crippen LogP contribution is 2.27. The third-order valence-corrected chi connectivity index (χ3v) is 2.54. The van der Waals surface area contributed by atoms with Gasteiger partial charge >= 0.3 is 6.03 Å². The number of rotatable bonds is 5. The van der Waals surface area contributed by atoms with Gasteiger partial charge in [0, 0.05) is 18.3 Å². The predicted octanol–water partition coefficient (Wildman–Crippen LogP) is 3.17. The zero-order valence-electron chi connectivity index (χ0n) is 9.90. The smallest absolute Gasteiger partial charge is 0.319 e. The van der Waals surface area contributed by atoms with E-state index < -0.39 is 4.92 Å². The molecule has 0 aliphatic rings. The molecule has 0 bridgehead atoms. The van der Waals surface area contributed by atoms with E-state index in [1.165, 1.54) is 18.2 Å². The lowest BCUT2D eigenvalue weighted by atomic mass is 10.3. The number of nitrogens with zero attached hydrogens (tertiary/aromatic N) is 1. The molecule has 18 heavy (non-hydrogen) atoms. The number of hydrogen-bond acceptors (Lipinski definition) is 3. The molecule has 6 nitrogen and oxygen atoms in total. The normalized spacial score (nSPS) is 9.89. The molecule has 0 unspecified atom stereocenters. The van der Waals surface area contributed by atoms with Crippen molar-refractivity contribution < 1.29 is 9.72 Å². The molecule has 0 aromatic heterocycles. The monoisotopic (exact) mass is 271 g/mol. The number of carbonyl (C=O) groups excluding carboxylic acids is 1. The lowest BCUT2D eigenvalue weighted by Crippen LogP contribution is -2.29. The standard InChI is InChI=1S/C11H14ClN3O3/c1-2-3-6-13-11(16)14-8-4-5-9(12)10(7-8)15(17)18/h4-5,7H,2-3,6H2,1H3,(H2,13,14,16). The Hall–Kier alpha value is -1.82. The Kier molecular flexibility index (Phi) is 5.38. The highest BCUT2D eigenvalue weighted by atomic mass is 35.5. The van der Waals surface area contributed by atoms with Gasteiger partial charge in [0.2, 0.25) is 0 Å². The van der Waals surface area contributed by atoms with Crippen LogP contribution in [0.3, 0.4) is 0 Å². The Labute approximate surface area is 109 Å². The van der Waals surface area contributed by atoms with Gasteiger partial charge in [-0.25, -0.2) is 4.79 Å². The van der Waals surface area contributed by atoms with Crippen molar-refractivity contribution in [2.75, 3.05) is 11.9 Å². The molecule has 0 atom stereocenters. The third-order valence-electron chi connectivity index (χ3n) is 2.22. The fourth-order valence-electron chi connectivity index (χ4n) is 1.28. The molecule has 0 heterocycles. The molecule has 1 aromatic rings. The van der Waals surface area contributed by atoms with E-state index in [0.717, 1.165) is 12.8 Å². The van der Waals surface area contributed by atoms with Gasteiger partial charge in [-0.3, -0.25) is 10.1 Å². The molecule has 0 aliphatic heterocycles. The number of nitro groups is 1. The molecule has 1 aromatic carbocycles. The van der Waals surface area contributed by atoms with Crippen LogP contribution in [0.5, 0.6) is 0 Å². The fraction of sp³-hybridized carbons (Fsp3) is 0.364. The van der Waals surface area contributed by atoms with Gasteiger partial charge in [0.15, 0.2) is 0 Å². The van der Waals surface area contributed by atoms with Gasteiger partial charge in [0.05, 0.1) is 4.92 Å². The van der Waals surface area contributed by atoms with Crippen LogP contribution in [-0.2, 0) is 0 Å². The van der Waals surface area contributed by atoms with E-state index in [9.17, 15) is 14.9 Å². The largest absolute Gasteiger partial charge is 0.338 e. The van der Waals surface area contributed by atoms with E-state index in [2.05, 4.69) is 10.6 Å². The van der Waals surface area contributed by atoms with Gasteiger partial charge in [0.1, 0.15) is 5.02 Å². The van der Waals surface area contributed by atoms with Crippen molar-refractivity contribution in [2.45, 2.75) is 19.8 Å². The van der Waals surface area contributed by atoms with Crippen LogP contribution in [0.15, 0.2) is 18.2 Å². The number of hydrogen-bond donors (Lipinski definition) is 2. The molecule has 2 N–H and O–H groups in total. The number of unbranched alkanes of at least 4 members (excludes halogenated alkanes) is 1. The summed E-state index contributed by atoms with van der Waals surface area (Å²) in [5.74, 6) is 0. The Morgan fingerprint density at radius 1 is 1.50 bits per heavy atom. The first-order valence-electron chi connectivity index (χ1n) is 5.53. The van der Waals surface area contributed by atoms with Gasteiger partial charge in [-0.2, -0.15) is 0 Å². The summed E-state index contributed by atoms with van der Waals surface area (Å²) < 4.78 is 0. The summed E-state index contributed by atoms with van der Waals surface area (Å²) in [7, 11) is 0. The summed E-state index contributed by atoms with van der Waals surface area (Å²) in [4.78, 5) is 21.5. The van der Waals surface area contributed by atoms with E-state index in [1.807, 2.05) is 6.92 Å². The van der Waals surface area contributed by atoms with Crippen molar-refractivity contribution in [2.24, 2.45) is 0 Å². The fourth-order valence-corrected chi connectivity index (χ4v) is 1.47. The second-order valence-corrected chi connectivity index (χ2v) is 4.06. The summed E-state index contributed by atoms with van der Waals surface area (Å²) in [5, 5.41) is 15.9. The quantitative estimate of drug-likeness (QED) is 0.490. The summed E-state index contributed by atoms with van der Waals surface area (Å²) >= 11 is 5.66. The maximum atomic E-state index is 11.4. The number of amides is 2. The van der Waals surface area contributed by atoms with Crippen molar-refractivity contribution in [1.82, 2.24) is 5.32 Å². The van der Waals surface area contributed by atoms with Crippen LogP contribution < -0.4 is 10.6 Å². The van der Waals surface area contributed by atoms with E-state index in [1.54, 1.807) is 0 Å². The second-order valence-electron chi connectivity index (χ2n) is 3.66. The SMILES string of the molecule is CCCCNC(=O)Nc1ccc(Cl)c([N+](=O)[O-])c1. The van der Waals surface area contributed by atoms with Crippen molar-refractivity contribution >= 4 is 29.0 Å². The van der Waals surface area contributed by atoms with Crippen LogP contribution in [-0.4, -0.2) is 17.5 Å². The number of nitrogens with one attached hydrogen (secondary N) is 2. The summed E-state index contributed by atoms with van der Waals surface area (Å²) in [5.41, 5.74) is 0.100. The van der Waals surface area contributed by atoms with Crippen molar-refractivity contribution in [3.05, 3.63) is 33.3 Å². The second kappa shape index (κ2) is 6.80. The van der Waals surface area contributed by atoms with Crippen LogP contribution in [0.4, 0.5) is 16.2 Å². The zero-order chi connectivity index (χ0) is 13.5. The molecular formula is C11H14ClN3O3. The minimum atomic E-state index is -0.595. The Bertz CT molecular complexity index is 451. The predicted molar refractivity (Wildman–Crippen MR) is 70.0 cm³/mol. The molecule has 1 rings (SSSR count). The average molecular weight is 272 g/mol. The van der Waals surface area contributed by atoms with Crippen LogP contribution in [0.2, 0.25) is 5.02 Å². The number of benzene rings is 1. The molecule has 0 saturated heterocycles. The highest BCUT2D eigenvalue weighted by molar-refractivity contribution is 6.32. The van der Waals surface area contributed by atoms with E-state index >= 15 is 0 Å². The maximum absolute atomic E-state index is 11.4. The van der Waals surface area contributed by atoms with Crippen molar-refractivity contribution in [3.8, 4) is 0 Å². The van der Waals surface area contributed by atoms with Gasteiger partial charge in [0.25, 0.3) is 5.69 Å². The topological polar surface area (TPSA) is 84.3 Å². The van der Waals surface area contributed by atoms with Crippen LogP contribution >= 0.6 is 11.6 Å². The Balaban J connectivity index is 2.65. The highest BCUT2D eigenvalue weighted by Gasteiger charge is 2.13. The van der Waals surface area contributed by atoms with Crippen molar-refractivity contribution in [3.63, 3.8) is 0 Å². The summed E-state index contributed by atoms with van der Waals surface area (Å²) in [6.07, 6.45) is 1.86. The summed E-state index contributed by atoms with van der Waals surface area (Å²) in [6, 6.07) is 3.72. The van der Waals surface area contributed by atoms with Gasteiger partial charge < -0.3 is 10.6 Å². The minimum absolute atomic E-state index is 0.0388. The lowest BCUT2D eigenvalue weighted by molar-refractivity contribution is -0.384. The Morgan fingerprint density at radius 2 is 2.22 bits per heavy atom. The first-order chi connectivity index (χ1) is 8.54. The molecular weight excluding hydrogens is 258 g/mol. The number of urea groups is 1. The maximum Gasteiger partial charge on any atom is 0.319 e. The first kappa shape index (κ1) is 14.2. The van der Waals surface area contributed by atoms with E-state index in [0.29, 0.717) is 12.2 Å². The molecule has 7 heteroatoms. The molecule has 0 radical (unpaired) electrons. The van der Waals surface area contributed by atoms with Gasteiger partial charge in [-0.05, 0) is 18.6 Å². The molecule has 0 spiro atoms. The number of halogens is 1. The third kappa shape index (κ3) is 4.21. The molecule has 2 amide bonds. The molecule has 0 fully saturated rings. The average Bonchev–Trinajstić information content (AvgIpc) is 2.31. The molecule has 0 aliphatic carbocycles. The first-order valence-corrected chi connectivity index (χ1v) is 5.91. The van der Waals surface area contributed by atoms with Crippen LogP contribution in [0, 0.1) is 10.1 Å². The lowest BCUT2D eigenvalue weighted by Gasteiger charge is -2.07. The van der Waals surface area contributed by atoms with Gasteiger partial charge in [-0.1, -0.05) is 24.9 Å². The zero-order valence-corrected chi connectivity index (χ0v) is 10.7. The molecule has 98 valence electrons. The van der Waals surface area contributed by atoms with Crippen LogP contribution in [0.1, 0.15) is 19.8 Å². The van der Waals surface area contributed by atoms with Gasteiger partial charge in [-0.15, -0.1) is 0 Å². The van der Waals surface area contributed by atoms with Crippen molar-refractivity contribution in [1.29, 1.82) is 0 Å². The Morgan fingerprint density at radius 3 is 2.83 bits per heavy atom. The number of nitro benzene ring substituents is 1.